The van der Waals surface area contributed by atoms with Gasteiger partial charge in [0.25, 0.3) is 0 Å². The molecule has 3 aromatic carbocycles. The van der Waals surface area contributed by atoms with Gasteiger partial charge in [-0.15, -0.1) is 0 Å². The second-order valence-corrected chi connectivity index (χ2v) is 7.43. The molecule has 0 unspecified atom stereocenters. The highest BCUT2D eigenvalue weighted by Gasteiger charge is 2.33. The zero-order chi connectivity index (χ0) is 20.6. The van der Waals surface area contributed by atoms with Crippen molar-refractivity contribution in [1.29, 1.82) is 0 Å². The molecule has 3 aromatic rings. The monoisotopic (exact) mass is 394 g/mol. The van der Waals surface area contributed by atoms with Gasteiger partial charge in [-0.05, 0) is 65.9 Å². The molecule has 4 rings (SSSR count). The Hall–Kier alpha value is -3.08. The fourth-order valence-corrected chi connectivity index (χ4v) is 3.62. The van der Waals surface area contributed by atoms with Crippen LogP contribution < -0.4 is 4.90 Å². The lowest BCUT2D eigenvalue weighted by Crippen LogP contribution is -2.14. The summed E-state index contributed by atoms with van der Waals surface area (Å²) in [6.07, 6.45) is -2.95. The van der Waals surface area contributed by atoms with E-state index in [-0.39, 0.29) is 5.69 Å². The first-order valence-corrected chi connectivity index (χ1v) is 9.45. The maximum atomic E-state index is 13.1. The van der Waals surface area contributed by atoms with E-state index in [1.54, 1.807) is 6.07 Å². The largest absolute Gasteiger partial charge is 0.418 e. The summed E-state index contributed by atoms with van der Waals surface area (Å²) in [4.78, 5) is 6.36. The smallest absolute Gasteiger partial charge is 0.363 e. The van der Waals surface area contributed by atoms with Crippen molar-refractivity contribution in [3.05, 3.63) is 94.0 Å². The fourth-order valence-electron chi connectivity index (χ4n) is 3.62. The Bertz CT molecular complexity index is 1040. The Morgan fingerprint density at radius 3 is 2.03 bits per heavy atom. The molecule has 0 N–H and O–H groups in total. The molecule has 0 bridgehead atoms. The second-order valence-electron chi connectivity index (χ2n) is 7.43. The number of hydrogen-bond donors (Lipinski definition) is 0. The summed E-state index contributed by atoms with van der Waals surface area (Å²) in [5, 5.41) is 0. The maximum Gasteiger partial charge on any atom is 0.418 e. The van der Waals surface area contributed by atoms with Crippen LogP contribution in [0.3, 0.4) is 0 Å². The lowest BCUT2D eigenvalue weighted by molar-refractivity contribution is -0.137. The molecule has 0 atom stereocenters. The standard InChI is InChI=1S/C24H21F3N2/c1-16-11-19-14-29(15-20(19)12-17(16)2)21-9-7-18(8-10-21)13-28-23-6-4-3-5-22(23)24(25,26)27/h3-13H,14-15H2,1-2H3. The van der Waals surface area contributed by atoms with Crippen molar-refractivity contribution in [3.8, 4) is 0 Å². The Morgan fingerprint density at radius 2 is 1.45 bits per heavy atom. The van der Waals surface area contributed by atoms with Crippen LogP contribution in [0.5, 0.6) is 0 Å². The Labute approximate surface area is 168 Å². The van der Waals surface area contributed by atoms with Crippen molar-refractivity contribution in [3.63, 3.8) is 0 Å². The maximum absolute atomic E-state index is 13.1. The molecule has 0 aromatic heterocycles. The highest BCUT2D eigenvalue weighted by atomic mass is 19.4. The van der Waals surface area contributed by atoms with Crippen LogP contribution in [0.25, 0.3) is 0 Å². The van der Waals surface area contributed by atoms with Gasteiger partial charge in [0.1, 0.15) is 0 Å². The molecule has 1 aliphatic heterocycles. The van der Waals surface area contributed by atoms with Crippen LogP contribution in [-0.2, 0) is 19.3 Å². The molecular formula is C24H21F3N2. The van der Waals surface area contributed by atoms with Gasteiger partial charge in [-0.1, -0.05) is 36.4 Å². The van der Waals surface area contributed by atoms with Crippen LogP contribution in [0, 0.1) is 13.8 Å². The zero-order valence-corrected chi connectivity index (χ0v) is 16.3. The molecule has 1 aliphatic rings. The summed E-state index contributed by atoms with van der Waals surface area (Å²) in [5.41, 5.74) is 6.34. The SMILES string of the molecule is Cc1cc2c(cc1C)CN(c1ccc(C=Nc3ccccc3C(F)(F)F)cc1)C2. The first kappa shape index (κ1) is 19.2. The molecule has 0 saturated heterocycles. The van der Waals surface area contributed by atoms with Crippen LogP contribution >= 0.6 is 0 Å². The Morgan fingerprint density at radius 1 is 0.862 bits per heavy atom. The summed E-state index contributed by atoms with van der Waals surface area (Å²) >= 11 is 0. The molecule has 1 heterocycles. The van der Waals surface area contributed by atoms with Crippen LogP contribution in [0.1, 0.15) is 33.4 Å². The van der Waals surface area contributed by atoms with Gasteiger partial charge in [-0.2, -0.15) is 13.2 Å². The quantitative estimate of drug-likeness (QED) is 0.457. The number of nitrogens with zero attached hydrogens (tertiary/aromatic N) is 2. The normalized spacial score (nSPS) is 13.9. The molecule has 0 saturated carbocycles. The van der Waals surface area contributed by atoms with E-state index < -0.39 is 11.7 Å². The van der Waals surface area contributed by atoms with E-state index in [9.17, 15) is 13.2 Å². The minimum Gasteiger partial charge on any atom is -0.363 e. The lowest BCUT2D eigenvalue weighted by Gasteiger charge is -2.17. The third-order valence-electron chi connectivity index (χ3n) is 5.36. The van der Waals surface area contributed by atoms with Gasteiger partial charge in [0.2, 0.25) is 0 Å². The number of hydrogen-bond acceptors (Lipinski definition) is 2. The van der Waals surface area contributed by atoms with E-state index in [2.05, 4.69) is 35.9 Å². The Balaban J connectivity index is 1.51. The highest BCUT2D eigenvalue weighted by molar-refractivity contribution is 5.83. The zero-order valence-electron chi connectivity index (χ0n) is 16.3. The number of anilines is 1. The van der Waals surface area contributed by atoms with E-state index in [0.29, 0.717) is 0 Å². The van der Waals surface area contributed by atoms with Crippen molar-refractivity contribution in [2.24, 2.45) is 4.99 Å². The van der Waals surface area contributed by atoms with Crippen LogP contribution in [-0.4, -0.2) is 6.21 Å². The average molecular weight is 394 g/mol. The number of fused-ring (bicyclic) bond motifs is 1. The molecule has 148 valence electrons. The summed E-state index contributed by atoms with van der Waals surface area (Å²) in [5.74, 6) is 0. The van der Waals surface area contributed by atoms with Gasteiger partial charge in [0, 0.05) is 25.0 Å². The summed E-state index contributed by atoms with van der Waals surface area (Å²) in [7, 11) is 0. The number of alkyl halides is 3. The average Bonchev–Trinajstić information content (AvgIpc) is 3.09. The molecule has 2 nitrogen and oxygen atoms in total. The van der Waals surface area contributed by atoms with Crippen molar-refractivity contribution >= 4 is 17.6 Å². The third kappa shape index (κ3) is 4.04. The number of halogens is 3. The van der Waals surface area contributed by atoms with Gasteiger partial charge < -0.3 is 4.90 Å². The van der Waals surface area contributed by atoms with Gasteiger partial charge in [0.05, 0.1) is 11.3 Å². The second kappa shape index (κ2) is 7.39. The van der Waals surface area contributed by atoms with Crippen molar-refractivity contribution in [2.45, 2.75) is 33.1 Å². The lowest BCUT2D eigenvalue weighted by atomic mass is 10.0. The first-order valence-electron chi connectivity index (χ1n) is 9.45. The highest BCUT2D eigenvalue weighted by Crippen LogP contribution is 2.36. The minimum atomic E-state index is -4.42. The number of rotatable bonds is 3. The van der Waals surface area contributed by atoms with Gasteiger partial charge in [-0.3, -0.25) is 4.99 Å². The van der Waals surface area contributed by atoms with Crippen molar-refractivity contribution in [1.82, 2.24) is 0 Å². The van der Waals surface area contributed by atoms with E-state index in [1.807, 2.05) is 24.3 Å². The molecule has 0 spiro atoms. The fraction of sp³-hybridized carbons (Fsp3) is 0.208. The summed E-state index contributed by atoms with van der Waals surface area (Å²) in [6.45, 7) is 5.98. The number of para-hydroxylation sites is 1. The molecule has 0 radical (unpaired) electrons. The summed E-state index contributed by atoms with van der Waals surface area (Å²) in [6, 6.07) is 17.6. The predicted molar refractivity (Wildman–Crippen MR) is 111 cm³/mol. The van der Waals surface area contributed by atoms with Crippen molar-refractivity contribution in [2.75, 3.05) is 4.90 Å². The third-order valence-corrected chi connectivity index (χ3v) is 5.36. The number of aryl methyl sites for hydroxylation is 2. The van der Waals surface area contributed by atoms with Crippen molar-refractivity contribution < 1.29 is 13.2 Å². The topological polar surface area (TPSA) is 15.6 Å². The van der Waals surface area contributed by atoms with Crippen LogP contribution in [0.15, 0.2) is 65.7 Å². The van der Waals surface area contributed by atoms with Crippen LogP contribution in [0.2, 0.25) is 0 Å². The molecule has 5 heteroatoms. The van der Waals surface area contributed by atoms with E-state index in [1.165, 1.54) is 40.6 Å². The van der Waals surface area contributed by atoms with E-state index >= 15 is 0 Å². The van der Waals surface area contributed by atoms with Gasteiger partial charge in [-0.25, -0.2) is 0 Å². The first-order chi connectivity index (χ1) is 13.8. The summed E-state index contributed by atoms with van der Waals surface area (Å²) < 4.78 is 39.2. The number of benzene rings is 3. The van der Waals surface area contributed by atoms with Gasteiger partial charge >= 0.3 is 6.18 Å². The number of aliphatic imine (C=N–C) groups is 1. The molecule has 0 aliphatic carbocycles. The molecule has 29 heavy (non-hydrogen) atoms. The Kier molecular flexibility index (Phi) is 4.91. The molecule has 0 amide bonds. The van der Waals surface area contributed by atoms with Crippen LogP contribution in [0.4, 0.5) is 24.5 Å². The predicted octanol–water partition coefficient (Wildman–Crippen LogP) is 6.59. The molecular weight excluding hydrogens is 373 g/mol. The van der Waals surface area contributed by atoms with E-state index in [0.717, 1.165) is 30.4 Å². The van der Waals surface area contributed by atoms with E-state index in [4.69, 9.17) is 0 Å². The minimum absolute atomic E-state index is 0.0789. The molecule has 0 fully saturated rings. The van der Waals surface area contributed by atoms with Gasteiger partial charge in [0.15, 0.2) is 0 Å².